The highest BCUT2D eigenvalue weighted by atomic mass is 32.2. The standard InChI is InChI=1S/C15H24N4O2S2/c1-11-5-2-3-7-19(11)13(20)10-22-15-18-17-14(23-15)16-9-12-6-4-8-21-12/h11-12H,2-10H2,1H3,(H,16,17)/t11-,12+/m1/s1. The fourth-order valence-electron chi connectivity index (χ4n) is 3.02. The Kier molecular flexibility index (Phi) is 6.13. The van der Waals surface area contributed by atoms with Gasteiger partial charge in [0.2, 0.25) is 11.0 Å². The van der Waals surface area contributed by atoms with Crippen molar-refractivity contribution in [2.24, 2.45) is 0 Å². The van der Waals surface area contributed by atoms with Gasteiger partial charge in [-0.25, -0.2) is 0 Å². The first-order valence-corrected chi connectivity index (χ1v) is 10.1. The zero-order valence-electron chi connectivity index (χ0n) is 13.5. The maximum atomic E-state index is 12.3. The summed E-state index contributed by atoms with van der Waals surface area (Å²) in [7, 11) is 0. The third-order valence-corrected chi connectivity index (χ3v) is 6.35. The Morgan fingerprint density at radius 2 is 2.30 bits per heavy atom. The van der Waals surface area contributed by atoms with Gasteiger partial charge in [0.15, 0.2) is 4.34 Å². The molecule has 2 aliphatic rings. The van der Waals surface area contributed by atoms with Gasteiger partial charge in [0, 0.05) is 25.7 Å². The van der Waals surface area contributed by atoms with Crippen LogP contribution in [0, 0.1) is 0 Å². The van der Waals surface area contributed by atoms with E-state index >= 15 is 0 Å². The van der Waals surface area contributed by atoms with Crippen molar-refractivity contribution in [3.05, 3.63) is 0 Å². The number of anilines is 1. The van der Waals surface area contributed by atoms with Crippen molar-refractivity contribution >= 4 is 34.1 Å². The largest absolute Gasteiger partial charge is 0.376 e. The Morgan fingerprint density at radius 1 is 1.39 bits per heavy atom. The van der Waals surface area contributed by atoms with Crippen molar-refractivity contribution in [3.8, 4) is 0 Å². The van der Waals surface area contributed by atoms with Crippen LogP contribution in [0.4, 0.5) is 5.13 Å². The smallest absolute Gasteiger partial charge is 0.233 e. The Hall–Kier alpha value is -0.860. The van der Waals surface area contributed by atoms with Gasteiger partial charge >= 0.3 is 0 Å². The average molecular weight is 357 g/mol. The summed E-state index contributed by atoms with van der Waals surface area (Å²) in [5, 5.41) is 12.4. The average Bonchev–Trinajstić information content (AvgIpc) is 3.22. The summed E-state index contributed by atoms with van der Waals surface area (Å²) in [4.78, 5) is 14.3. The van der Waals surface area contributed by atoms with Crippen molar-refractivity contribution in [1.29, 1.82) is 0 Å². The van der Waals surface area contributed by atoms with E-state index in [-0.39, 0.29) is 12.0 Å². The van der Waals surface area contributed by atoms with E-state index in [2.05, 4.69) is 22.4 Å². The third-order valence-electron chi connectivity index (χ3n) is 4.35. The van der Waals surface area contributed by atoms with Crippen molar-refractivity contribution in [1.82, 2.24) is 15.1 Å². The molecule has 2 saturated heterocycles. The minimum Gasteiger partial charge on any atom is -0.376 e. The van der Waals surface area contributed by atoms with Gasteiger partial charge in [0.1, 0.15) is 0 Å². The highest BCUT2D eigenvalue weighted by molar-refractivity contribution is 8.01. The Bertz CT molecular complexity index is 519. The van der Waals surface area contributed by atoms with Crippen LogP contribution in [0.15, 0.2) is 4.34 Å². The molecule has 0 saturated carbocycles. The quantitative estimate of drug-likeness (QED) is 0.791. The van der Waals surface area contributed by atoms with Crippen LogP contribution in [-0.4, -0.2) is 58.6 Å². The monoisotopic (exact) mass is 356 g/mol. The number of amides is 1. The number of carbonyl (C=O) groups excluding carboxylic acids is 1. The molecular formula is C15H24N4O2S2. The van der Waals surface area contributed by atoms with E-state index < -0.39 is 0 Å². The second-order valence-electron chi connectivity index (χ2n) is 6.11. The Morgan fingerprint density at radius 3 is 3.09 bits per heavy atom. The molecule has 0 radical (unpaired) electrons. The molecule has 1 aromatic heterocycles. The molecule has 0 bridgehead atoms. The lowest BCUT2D eigenvalue weighted by molar-refractivity contribution is -0.131. The highest BCUT2D eigenvalue weighted by Gasteiger charge is 2.23. The van der Waals surface area contributed by atoms with Crippen LogP contribution in [0.5, 0.6) is 0 Å². The van der Waals surface area contributed by atoms with Gasteiger partial charge < -0.3 is 15.0 Å². The van der Waals surface area contributed by atoms with Crippen molar-refractivity contribution < 1.29 is 9.53 Å². The summed E-state index contributed by atoms with van der Waals surface area (Å²) in [6, 6.07) is 0.370. The summed E-state index contributed by atoms with van der Waals surface area (Å²) in [5.74, 6) is 0.663. The molecule has 2 atom stereocenters. The number of piperidine rings is 1. The number of rotatable bonds is 6. The van der Waals surface area contributed by atoms with Gasteiger partial charge in [-0.2, -0.15) is 0 Å². The second-order valence-corrected chi connectivity index (χ2v) is 8.31. The molecule has 2 fully saturated rings. The molecule has 128 valence electrons. The second kappa shape index (κ2) is 8.30. The van der Waals surface area contributed by atoms with E-state index in [1.165, 1.54) is 29.5 Å². The zero-order chi connectivity index (χ0) is 16.1. The Balaban J connectivity index is 1.42. The lowest BCUT2D eigenvalue weighted by atomic mass is 10.0. The molecule has 3 heterocycles. The molecule has 0 unspecified atom stereocenters. The maximum absolute atomic E-state index is 12.3. The van der Waals surface area contributed by atoms with E-state index in [1.807, 2.05) is 4.90 Å². The van der Waals surface area contributed by atoms with Crippen LogP contribution in [0.25, 0.3) is 0 Å². The van der Waals surface area contributed by atoms with Crippen LogP contribution in [0.2, 0.25) is 0 Å². The summed E-state index contributed by atoms with van der Waals surface area (Å²) in [6.07, 6.45) is 6.01. The molecule has 6 nitrogen and oxygen atoms in total. The third kappa shape index (κ3) is 4.81. The van der Waals surface area contributed by atoms with E-state index in [1.54, 1.807) is 0 Å². The maximum Gasteiger partial charge on any atom is 0.233 e. The predicted octanol–water partition coefficient (Wildman–Crippen LogP) is 2.62. The normalized spacial score (nSPS) is 24.8. The summed E-state index contributed by atoms with van der Waals surface area (Å²) < 4.78 is 6.42. The number of carbonyl (C=O) groups is 1. The molecule has 0 aliphatic carbocycles. The van der Waals surface area contributed by atoms with Crippen LogP contribution >= 0.6 is 23.1 Å². The fourth-order valence-corrected chi connectivity index (χ4v) is 4.67. The number of nitrogens with zero attached hydrogens (tertiary/aromatic N) is 3. The van der Waals surface area contributed by atoms with Gasteiger partial charge in [0.25, 0.3) is 0 Å². The van der Waals surface area contributed by atoms with Gasteiger partial charge in [-0.15, -0.1) is 10.2 Å². The minimum absolute atomic E-state index is 0.214. The number of nitrogens with one attached hydrogen (secondary N) is 1. The van der Waals surface area contributed by atoms with Crippen LogP contribution in [0.1, 0.15) is 39.0 Å². The molecule has 3 rings (SSSR count). The molecule has 1 N–H and O–H groups in total. The summed E-state index contributed by atoms with van der Waals surface area (Å²) in [5.41, 5.74) is 0. The number of hydrogen-bond donors (Lipinski definition) is 1. The fraction of sp³-hybridized carbons (Fsp3) is 0.800. The molecule has 2 aliphatic heterocycles. The SMILES string of the molecule is C[C@@H]1CCCCN1C(=O)CSc1nnc(NC[C@@H]2CCCO2)s1. The van der Waals surface area contributed by atoms with Crippen LogP contribution < -0.4 is 5.32 Å². The topological polar surface area (TPSA) is 67.4 Å². The van der Waals surface area contributed by atoms with Gasteiger partial charge in [0.05, 0.1) is 11.9 Å². The molecule has 1 aromatic rings. The lowest BCUT2D eigenvalue weighted by Crippen LogP contribution is -2.42. The molecule has 0 aromatic carbocycles. The first-order valence-electron chi connectivity index (χ1n) is 8.33. The van der Waals surface area contributed by atoms with Gasteiger partial charge in [-0.3, -0.25) is 4.79 Å². The van der Waals surface area contributed by atoms with Gasteiger partial charge in [-0.05, 0) is 39.0 Å². The number of aromatic nitrogens is 2. The first kappa shape index (κ1) is 17.0. The number of hydrogen-bond acceptors (Lipinski definition) is 7. The van der Waals surface area contributed by atoms with Crippen LogP contribution in [-0.2, 0) is 9.53 Å². The summed E-state index contributed by atoms with van der Waals surface area (Å²) >= 11 is 2.99. The summed E-state index contributed by atoms with van der Waals surface area (Å²) in [6.45, 7) is 4.68. The molecule has 8 heteroatoms. The predicted molar refractivity (Wildman–Crippen MR) is 93.1 cm³/mol. The number of likely N-dealkylation sites (tertiary alicyclic amines) is 1. The van der Waals surface area contributed by atoms with Crippen LogP contribution in [0.3, 0.4) is 0 Å². The van der Waals surface area contributed by atoms with Crippen molar-refractivity contribution in [3.63, 3.8) is 0 Å². The minimum atomic E-state index is 0.214. The molecule has 23 heavy (non-hydrogen) atoms. The number of ether oxygens (including phenoxy) is 1. The first-order chi connectivity index (χ1) is 11.2. The van der Waals surface area contributed by atoms with Gasteiger partial charge in [-0.1, -0.05) is 23.1 Å². The van der Waals surface area contributed by atoms with Crippen molar-refractivity contribution in [2.75, 3.05) is 30.8 Å². The van der Waals surface area contributed by atoms with E-state index in [0.29, 0.717) is 11.8 Å². The van der Waals surface area contributed by atoms with E-state index in [4.69, 9.17) is 4.74 Å². The number of thioether (sulfide) groups is 1. The zero-order valence-corrected chi connectivity index (χ0v) is 15.1. The highest BCUT2D eigenvalue weighted by Crippen LogP contribution is 2.27. The van der Waals surface area contributed by atoms with E-state index in [9.17, 15) is 4.79 Å². The lowest BCUT2D eigenvalue weighted by Gasteiger charge is -2.33. The molecule has 1 amide bonds. The molecular weight excluding hydrogens is 332 g/mol. The molecule has 0 spiro atoms. The van der Waals surface area contributed by atoms with E-state index in [0.717, 1.165) is 54.9 Å². The Labute approximate surface area is 145 Å². The van der Waals surface area contributed by atoms with Crippen molar-refractivity contribution in [2.45, 2.75) is 55.5 Å².